The Balaban J connectivity index is 1.39. The fraction of sp³-hybridized carbons (Fsp3) is 0.688. The summed E-state index contributed by atoms with van der Waals surface area (Å²) in [5.74, 6) is 0.136. The van der Waals surface area contributed by atoms with Gasteiger partial charge in [-0.25, -0.2) is 9.78 Å². The van der Waals surface area contributed by atoms with Crippen LogP contribution in [0.5, 0.6) is 0 Å². The van der Waals surface area contributed by atoms with Crippen molar-refractivity contribution < 1.29 is 14.3 Å². The Hall–Kier alpha value is -2.13. The largest absolute Gasteiger partial charge is 0.379 e. The van der Waals surface area contributed by atoms with Gasteiger partial charge in [0.2, 0.25) is 5.91 Å². The Bertz CT molecular complexity index is 590. The third-order valence-corrected chi connectivity index (χ3v) is 4.72. The van der Waals surface area contributed by atoms with Crippen molar-refractivity contribution in [3.63, 3.8) is 0 Å². The average Bonchev–Trinajstić information content (AvgIpc) is 3.05. The van der Waals surface area contributed by atoms with Crippen molar-refractivity contribution in [3.8, 4) is 0 Å². The number of nitrogens with zero attached hydrogens (tertiary/aromatic N) is 5. The zero-order valence-electron chi connectivity index (χ0n) is 14.7. The minimum Gasteiger partial charge on any atom is -0.379 e. The van der Waals surface area contributed by atoms with Gasteiger partial charge in [0.15, 0.2) is 0 Å². The minimum atomic E-state index is -0.0959. The molecule has 0 aromatic carbocycles. The molecule has 25 heavy (non-hydrogen) atoms. The molecule has 1 aromatic heterocycles. The fourth-order valence-corrected chi connectivity index (χ4v) is 3.04. The van der Waals surface area contributed by atoms with E-state index in [1.54, 1.807) is 17.4 Å². The highest BCUT2D eigenvalue weighted by Gasteiger charge is 2.25. The van der Waals surface area contributed by atoms with Crippen LogP contribution in [0.15, 0.2) is 12.5 Å². The number of carbonyl (C=O) groups excluding carboxylic acids is 2. The molecule has 3 rings (SSSR count). The van der Waals surface area contributed by atoms with E-state index in [0.717, 1.165) is 18.8 Å². The minimum absolute atomic E-state index is 0.0959. The van der Waals surface area contributed by atoms with Crippen molar-refractivity contribution >= 4 is 11.9 Å². The Morgan fingerprint density at radius 2 is 1.80 bits per heavy atom. The molecular formula is C16H26N6O3. The van der Waals surface area contributed by atoms with Crippen LogP contribution in [0.2, 0.25) is 0 Å². The van der Waals surface area contributed by atoms with Crippen molar-refractivity contribution in [1.82, 2.24) is 29.6 Å². The monoisotopic (exact) mass is 350 g/mol. The molecule has 2 aliphatic rings. The maximum Gasteiger partial charge on any atom is 0.317 e. The molecule has 9 nitrogen and oxygen atoms in total. The van der Waals surface area contributed by atoms with E-state index in [2.05, 4.69) is 15.2 Å². The number of aryl methyl sites for hydroxylation is 1. The maximum absolute atomic E-state index is 12.4. The van der Waals surface area contributed by atoms with Crippen molar-refractivity contribution in [3.05, 3.63) is 18.2 Å². The molecule has 3 heterocycles. The molecule has 1 aromatic rings. The summed E-state index contributed by atoms with van der Waals surface area (Å²) in [6.07, 6.45) is 3.45. The third-order valence-electron chi connectivity index (χ3n) is 4.72. The molecule has 1 N–H and O–H groups in total. The van der Waals surface area contributed by atoms with Crippen LogP contribution in [0, 0.1) is 0 Å². The molecule has 0 atom stereocenters. The molecule has 138 valence electrons. The van der Waals surface area contributed by atoms with Gasteiger partial charge >= 0.3 is 6.03 Å². The SMILES string of the molecule is Cn1cncc1CNC(=O)N1CCN(C(=O)CN2CCOCC2)CC1. The summed E-state index contributed by atoms with van der Waals surface area (Å²) in [5.41, 5.74) is 0.952. The van der Waals surface area contributed by atoms with Crippen LogP contribution in [0.1, 0.15) is 5.69 Å². The zero-order valence-corrected chi connectivity index (χ0v) is 14.7. The van der Waals surface area contributed by atoms with Crippen LogP contribution in [0.4, 0.5) is 4.79 Å². The number of piperazine rings is 1. The molecule has 2 saturated heterocycles. The van der Waals surface area contributed by atoms with Gasteiger partial charge in [-0.2, -0.15) is 0 Å². The smallest absolute Gasteiger partial charge is 0.317 e. The van der Waals surface area contributed by atoms with E-state index in [9.17, 15) is 9.59 Å². The second kappa shape index (κ2) is 8.30. The summed E-state index contributed by atoms with van der Waals surface area (Å²) in [5, 5.41) is 2.91. The van der Waals surface area contributed by atoms with Gasteiger partial charge in [-0.05, 0) is 0 Å². The highest BCUT2D eigenvalue weighted by molar-refractivity contribution is 5.79. The van der Waals surface area contributed by atoms with Gasteiger partial charge < -0.3 is 24.4 Å². The molecule has 2 fully saturated rings. The number of carbonyl (C=O) groups is 2. The molecule has 9 heteroatoms. The number of hydrogen-bond acceptors (Lipinski definition) is 5. The molecule has 0 radical (unpaired) electrons. The van der Waals surface area contributed by atoms with Crippen molar-refractivity contribution in [1.29, 1.82) is 0 Å². The number of amides is 3. The second-order valence-corrected chi connectivity index (χ2v) is 6.41. The van der Waals surface area contributed by atoms with Crippen LogP contribution in [-0.4, -0.2) is 95.2 Å². The number of morpholine rings is 1. The van der Waals surface area contributed by atoms with Crippen molar-refractivity contribution in [2.24, 2.45) is 7.05 Å². The Kier molecular flexibility index (Phi) is 5.87. The number of nitrogens with one attached hydrogen (secondary N) is 1. The Labute approximate surface area is 147 Å². The van der Waals surface area contributed by atoms with E-state index in [0.29, 0.717) is 52.5 Å². The predicted molar refractivity (Wildman–Crippen MR) is 90.9 cm³/mol. The van der Waals surface area contributed by atoms with Gasteiger partial charge in [0.25, 0.3) is 0 Å². The molecule has 0 bridgehead atoms. The van der Waals surface area contributed by atoms with Crippen LogP contribution in [0.25, 0.3) is 0 Å². The highest BCUT2D eigenvalue weighted by atomic mass is 16.5. The van der Waals surface area contributed by atoms with Crippen LogP contribution in [0.3, 0.4) is 0 Å². The van der Waals surface area contributed by atoms with E-state index < -0.39 is 0 Å². The molecule has 2 aliphatic heterocycles. The number of rotatable bonds is 4. The van der Waals surface area contributed by atoms with Gasteiger partial charge in [0, 0.05) is 52.5 Å². The number of ether oxygens (including phenoxy) is 1. The van der Waals surface area contributed by atoms with Crippen LogP contribution in [-0.2, 0) is 23.1 Å². The zero-order chi connectivity index (χ0) is 17.6. The van der Waals surface area contributed by atoms with E-state index >= 15 is 0 Å². The third kappa shape index (κ3) is 4.70. The topological polar surface area (TPSA) is 82.9 Å². The lowest BCUT2D eigenvalue weighted by molar-refractivity contribution is -0.134. The van der Waals surface area contributed by atoms with Gasteiger partial charge in [-0.3, -0.25) is 9.69 Å². The van der Waals surface area contributed by atoms with Crippen LogP contribution >= 0.6 is 0 Å². The number of imidazole rings is 1. The highest BCUT2D eigenvalue weighted by Crippen LogP contribution is 2.05. The molecule has 3 amide bonds. The van der Waals surface area contributed by atoms with E-state index in [4.69, 9.17) is 4.74 Å². The summed E-state index contributed by atoms with van der Waals surface area (Å²) in [6, 6.07) is -0.0959. The second-order valence-electron chi connectivity index (χ2n) is 6.41. The average molecular weight is 350 g/mol. The first-order chi connectivity index (χ1) is 12.1. The summed E-state index contributed by atoms with van der Waals surface area (Å²) < 4.78 is 7.18. The molecule has 0 aliphatic carbocycles. The lowest BCUT2D eigenvalue weighted by atomic mass is 10.3. The summed E-state index contributed by atoms with van der Waals surface area (Å²) in [6.45, 7) is 6.18. The molecule has 0 unspecified atom stereocenters. The quantitative estimate of drug-likeness (QED) is 0.761. The number of hydrogen-bond donors (Lipinski definition) is 1. The lowest BCUT2D eigenvalue weighted by Crippen LogP contribution is -2.55. The van der Waals surface area contributed by atoms with E-state index in [1.807, 2.05) is 16.5 Å². The summed E-state index contributed by atoms with van der Waals surface area (Å²) in [4.78, 5) is 34.4. The standard InChI is InChI=1S/C16H26N6O3/c1-19-13-17-10-14(19)11-18-16(24)22-4-2-21(3-5-22)15(23)12-20-6-8-25-9-7-20/h10,13H,2-9,11-12H2,1H3,(H,18,24). The van der Waals surface area contributed by atoms with Gasteiger partial charge in [-0.15, -0.1) is 0 Å². The molecule has 0 saturated carbocycles. The first kappa shape index (κ1) is 17.7. The van der Waals surface area contributed by atoms with Crippen LogP contribution < -0.4 is 5.32 Å². The lowest BCUT2D eigenvalue weighted by Gasteiger charge is -2.36. The first-order valence-corrected chi connectivity index (χ1v) is 8.69. The predicted octanol–water partition coefficient (Wildman–Crippen LogP) is -0.894. The van der Waals surface area contributed by atoms with Gasteiger partial charge in [0.1, 0.15) is 0 Å². The fourth-order valence-electron chi connectivity index (χ4n) is 3.04. The summed E-state index contributed by atoms with van der Waals surface area (Å²) in [7, 11) is 1.90. The van der Waals surface area contributed by atoms with Crippen molar-refractivity contribution in [2.45, 2.75) is 6.54 Å². The van der Waals surface area contributed by atoms with Gasteiger partial charge in [0.05, 0.1) is 38.3 Å². The Morgan fingerprint density at radius 3 is 2.44 bits per heavy atom. The first-order valence-electron chi connectivity index (χ1n) is 8.69. The number of urea groups is 1. The Morgan fingerprint density at radius 1 is 1.12 bits per heavy atom. The van der Waals surface area contributed by atoms with Gasteiger partial charge in [-0.1, -0.05) is 0 Å². The van der Waals surface area contributed by atoms with Crippen molar-refractivity contribution in [2.75, 3.05) is 59.0 Å². The van der Waals surface area contributed by atoms with E-state index in [1.165, 1.54) is 0 Å². The van der Waals surface area contributed by atoms with E-state index in [-0.39, 0.29) is 11.9 Å². The maximum atomic E-state index is 12.4. The molecule has 0 spiro atoms. The summed E-state index contributed by atoms with van der Waals surface area (Å²) >= 11 is 0. The molecular weight excluding hydrogens is 324 g/mol. The number of aromatic nitrogens is 2. The normalized spacial score (nSPS) is 19.1.